The lowest BCUT2D eigenvalue weighted by Crippen LogP contribution is -2.52. The van der Waals surface area contributed by atoms with Gasteiger partial charge in [-0.2, -0.15) is 0 Å². The van der Waals surface area contributed by atoms with E-state index in [1.54, 1.807) is 29.1 Å². The van der Waals surface area contributed by atoms with Crippen molar-refractivity contribution in [2.75, 3.05) is 0 Å². The minimum Gasteiger partial charge on any atom is -0.507 e. The van der Waals surface area contributed by atoms with Crippen molar-refractivity contribution in [3.8, 4) is 17.0 Å². The van der Waals surface area contributed by atoms with Crippen molar-refractivity contribution in [1.29, 1.82) is 0 Å². The maximum absolute atomic E-state index is 12.8. The first-order chi connectivity index (χ1) is 15.4. The van der Waals surface area contributed by atoms with Gasteiger partial charge in [-0.25, -0.2) is 4.68 Å². The van der Waals surface area contributed by atoms with Crippen molar-refractivity contribution >= 4 is 29.3 Å². The summed E-state index contributed by atoms with van der Waals surface area (Å²) in [6.45, 7) is 0.724. The highest BCUT2D eigenvalue weighted by Gasteiger charge is 2.39. The SMILES string of the molecule is O=C1CCC(N2Cc3cc(Cn4cc(-c5cc(Cl)ccc5O)nn4)ccc3C2=O)C(=O)N1. The van der Waals surface area contributed by atoms with E-state index in [9.17, 15) is 19.5 Å². The molecule has 5 rings (SSSR count). The molecule has 1 saturated heterocycles. The number of aromatic hydroxyl groups is 1. The lowest BCUT2D eigenvalue weighted by molar-refractivity contribution is -0.136. The average molecular weight is 452 g/mol. The molecular formula is C22H18ClN5O4. The number of rotatable bonds is 4. The third-order valence-corrected chi connectivity index (χ3v) is 5.94. The van der Waals surface area contributed by atoms with Crippen molar-refractivity contribution < 1.29 is 19.5 Å². The van der Waals surface area contributed by atoms with Gasteiger partial charge in [-0.3, -0.25) is 19.7 Å². The largest absolute Gasteiger partial charge is 0.507 e. The zero-order valence-corrected chi connectivity index (χ0v) is 17.5. The van der Waals surface area contributed by atoms with Crippen LogP contribution in [0.2, 0.25) is 5.02 Å². The summed E-state index contributed by atoms with van der Waals surface area (Å²) < 4.78 is 1.63. The standard InChI is InChI=1S/C22H18ClN5O4/c23-14-2-5-19(29)16(8-14)17-11-27(26-25-17)9-12-1-3-15-13(7-12)10-28(22(15)32)18-4-6-20(30)24-21(18)31/h1-3,5,7-8,11,18,29H,4,6,9-10H2,(H,24,30,31). The topological polar surface area (TPSA) is 117 Å². The van der Waals surface area contributed by atoms with Gasteiger partial charge in [0.25, 0.3) is 5.91 Å². The molecular weight excluding hydrogens is 434 g/mol. The molecule has 1 aromatic heterocycles. The average Bonchev–Trinajstić information content (AvgIpc) is 3.34. The van der Waals surface area contributed by atoms with Gasteiger partial charge in [-0.05, 0) is 41.8 Å². The highest BCUT2D eigenvalue weighted by molar-refractivity contribution is 6.30. The molecule has 0 spiro atoms. The first-order valence-corrected chi connectivity index (χ1v) is 10.4. The normalized spacial score (nSPS) is 18.1. The van der Waals surface area contributed by atoms with Gasteiger partial charge in [0.15, 0.2) is 0 Å². The van der Waals surface area contributed by atoms with Gasteiger partial charge in [-0.1, -0.05) is 28.9 Å². The molecule has 9 nitrogen and oxygen atoms in total. The fourth-order valence-corrected chi connectivity index (χ4v) is 4.30. The summed E-state index contributed by atoms with van der Waals surface area (Å²) >= 11 is 6.01. The molecule has 1 atom stereocenters. The number of halogens is 1. The fourth-order valence-electron chi connectivity index (χ4n) is 4.13. The van der Waals surface area contributed by atoms with E-state index in [-0.39, 0.29) is 24.0 Å². The van der Waals surface area contributed by atoms with Crippen LogP contribution in [0.15, 0.2) is 42.6 Å². The number of piperidine rings is 1. The van der Waals surface area contributed by atoms with Gasteiger partial charge in [0.1, 0.15) is 17.5 Å². The Morgan fingerprint density at radius 3 is 2.78 bits per heavy atom. The summed E-state index contributed by atoms with van der Waals surface area (Å²) in [5, 5.41) is 21.1. The Hall–Kier alpha value is -3.72. The molecule has 0 saturated carbocycles. The number of fused-ring (bicyclic) bond motifs is 1. The summed E-state index contributed by atoms with van der Waals surface area (Å²) in [6, 6.07) is 9.58. The Balaban J connectivity index is 1.34. The Labute approximate surface area is 187 Å². The van der Waals surface area contributed by atoms with Crippen molar-refractivity contribution in [3.63, 3.8) is 0 Å². The van der Waals surface area contributed by atoms with Gasteiger partial charge in [0, 0.05) is 29.1 Å². The first-order valence-electron chi connectivity index (χ1n) is 10.0. The number of imide groups is 1. The predicted molar refractivity (Wildman–Crippen MR) is 114 cm³/mol. The molecule has 3 aromatic rings. The van der Waals surface area contributed by atoms with Crippen LogP contribution in [0.3, 0.4) is 0 Å². The number of phenols is 1. The highest BCUT2D eigenvalue weighted by Crippen LogP contribution is 2.31. The molecule has 2 aliphatic heterocycles. The number of carbonyl (C=O) groups is 3. The summed E-state index contributed by atoms with van der Waals surface area (Å²) in [5.41, 5.74) is 3.27. The van der Waals surface area contributed by atoms with Crippen LogP contribution in [0.5, 0.6) is 5.75 Å². The van der Waals surface area contributed by atoms with Crippen LogP contribution in [0.25, 0.3) is 11.3 Å². The van der Waals surface area contributed by atoms with Crippen LogP contribution >= 0.6 is 11.6 Å². The Morgan fingerprint density at radius 2 is 1.97 bits per heavy atom. The van der Waals surface area contributed by atoms with Crippen LogP contribution in [0.1, 0.15) is 34.3 Å². The van der Waals surface area contributed by atoms with E-state index in [1.807, 2.05) is 12.1 Å². The molecule has 0 aliphatic carbocycles. The second-order valence-electron chi connectivity index (χ2n) is 7.85. The maximum atomic E-state index is 12.8. The molecule has 162 valence electrons. The number of hydrogen-bond acceptors (Lipinski definition) is 6. The minimum absolute atomic E-state index is 0.0611. The van der Waals surface area contributed by atoms with E-state index in [0.717, 1.165) is 11.1 Å². The van der Waals surface area contributed by atoms with Crippen molar-refractivity contribution in [2.45, 2.75) is 32.0 Å². The van der Waals surface area contributed by atoms with Gasteiger partial charge in [0.05, 0.1) is 12.7 Å². The van der Waals surface area contributed by atoms with Crippen LogP contribution in [0.4, 0.5) is 0 Å². The second kappa shape index (κ2) is 7.76. The van der Waals surface area contributed by atoms with E-state index >= 15 is 0 Å². The van der Waals surface area contributed by atoms with E-state index in [0.29, 0.717) is 41.4 Å². The minimum atomic E-state index is -0.640. The number of carbonyl (C=O) groups excluding carboxylic acids is 3. The molecule has 3 amide bonds. The van der Waals surface area contributed by atoms with Crippen LogP contribution < -0.4 is 5.32 Å². The van der Waals surface area contributed by atoms with Crippen molar-refractivity contribution in [3.05, 3.63) is 64.3 Å². The third kappa shape index (κ3) is 3.60. The van der Waals surface area contributed by atoms with Gasteiger partial charge in [-0.15, -0.1) is 5.10 Å². The van der Waals surface area contributed by atoms with Crippen LogP contribution in [0, 0.1) is 0 Å². The zero-order valence-electron chi connectivity index (χ0n) is 16.8. The predicted octanol–water partition coefficient (Wildman–Crippen LogP) is 2.11. The molecule has 1 fully saturated rings. The molecule has 1 unspecified atom stereocenters. The fraction of sp³-hybridized carbons (Fsp3) is 0.227. The number of nitrogens with zero attached hydrogens (tertiary/aromatic N) is 4. The first kappa shape index (κ1) is 20.2. The monoisotopic (exact) mass is 451 g/mol. The summed E-state index contributed by atoms with van der Waals surface area (Å²) in [5.74, 6) is -0.885. The smallest absolute Gasteiger partial charge is 0.255 e. The molecule has 10 heteroatoms. The third-order valence-electron chi connectivity index (χ3n) is 5.71. The van der Waals surface area contributed by atoms with Gasteiger partial charge in [0.2, 0.25) is 11.8 Å². The Bertz CT molecular complexity index is 1270. The molecule has 3 heterocycles. The lowest BCUT2D eigenvalue weighted by atomic mass is 10.0. The van der Waals surface area contributed by atoms with E-state index in [4.69, 9.17) is 11.6 Å². The Kier molecular flexibility index (Phi) is 4.90. The van der Waals surface area contributed by atoms with Crippen molar-refractivity contribution in [2.24, 2.45) is 0 Å². The van der Waals surface area contributed by atoms with E-state index in [2.05, 4.69) is 15.6 Å². The van der Waals surface area contributed by atoms with Crippen LogP contribution in [-0.4, -0.2) is 48.8 Å². The number of hydrogen-bond donors (Lipinski definition) is 2. The zero-order chi connectivity index (χ0) is 22.4. The molecule has 2 aromatic carbocycles. The van der Waals surface area contributed by atoms with Crippen molar-refractivity contribution in [1.82, 2.24) is 25.2 Å². The molecule has 2 N–H and O–H groups in total. The molecule has 2 aliphatic rings. The highest BCUT2D eigenvalue weighted by atomic mass is 35.5. The number of amides is 3. The van der Waals surface area contributed by atoms with E-state index < -0.39 is 11.9 Å². The summed E-state index contributed by atoms with van der Waals surface area (Å²) in [4.78, 5) is 37.9. The Morgan fingerprint density at radius 1 is 1.12 bits per heavy atom. The van der Waals surface area contributed by atoms with Gasteiger partial charge >= 0.3 is 0 Å². The van der Waals surface area contributed by atoms with E-state index in [1.165, 1.54) is 11.0 Å². The molecule has 32 heavy (non-hydrogen) atoms. The number of phenolic OH excluding ortho intramolecular Hbond substituents is 1. The number of benzene rings is 2. The lowest BCUT2D eigenvalue weighted by Gasteiger charge is -2.29. The summed E-state index contributed by atoms with van der Waals surface area (Å²) in [7, 11) is 0. The van der Waals surface area contributed by atoms with Gasteiger partial charge < -0.3 is 10.0 Å². The summed E-state index contributed by atoms with van der Waals surface area (Å²) in [6.07, 6.45) is 2.26. The number of nitrogens with one attached hydrogen (secondary N) is 1. The van der Waals surface area contributed by atoms with Crippen LogP contribution in [-0.2, 0) is 22.7 Å². The quantitative estimate of drug-likeness (QED) is 0.587. The number of aromatic nitrogens is 3. The second-order valence-corrected chi connectivity index (χ2v) is 8.29. The maximum Gasteiger partial charge on any atom is 0.255 e. The molecule has 0 bridgehead atoms. The molecule has 0 radical (unpaired) electrons.